The van der Waals surface area contributed by atoms with E-state index in [1.807, 2.05) is 13.8 Å². The Balaban J connectivity index is 1.70. The summed E-state index contributed by atoms with van der Waals surface area (Å²) in [6.45, 7) is 12.4. The highest BCUT2D eigenvalue weighted by molar-refractivity contribution is 5.88. The van der Waals surface area contributed by atoms with Crippen molar-refractivity contribution in [2.75, 3.05) is 7.11 Å². The molecule has 4 aliphatic rings. The van der Waals surface area contributed by atoms with E-state index in [4.69, 9.17) is 9.47 Å². The predicted molar refractivity (Wildman–Crippen MR) is 117 cm³/mol. The molecule has 0 N–H and O–H groups in total. The highest BCUT2D eigenvalue weighted by Crippen LogP contribution is 2.72. The van der Waals surface area contributed by atoms with Crippen molar-refractivity contribution in [2.45, 2.75) is 85.2 Å². The summed E-state index contributed by atoms with van der Waals surface area (Å²) in [5.41, 5.74) is 1.67. The van der Waals surface area contributed by atoms with Crippen molar-refractivity contribution in [1.29, 1.82) is 0 Å². The third-order valence-electron chi connectivity index (χ3n) is 9.84. The maximum atomic E-state index is 13.2. The second-order valence-corrected chi connectivity index (χ2v) is 11.0. The third-order valence-corrected chi connectivity index (χ3v) is 9.84. The fraction of sp³-hybridized carbons (Fsp3) is 0.769. The highest BCUT2D eigenvalue weighted by atomic mass is 16.6. The molecule has 4 saturated carbocycles. The normalized spacial score (nSPS) is 45.4. The zero-order valence-electron chi connectivity index (χ0n) is 19.4. The molecule has 0 aromatic rings. The number of esters is 2. The van der Waals surface area contributed by atoms with E-state index >= 15 is 0 Å². The number of carbonyl (C=O) groups excluding carboxylic acids is 2. The molecular weight excluding hydrogens is 376 g/mol. The first kappa shape index (κ1) is 21.6. The van der Waals surface area contributed by atoms with Crippen molar-refractivity contribution < 1.29 is 19.1 Å². The van der Waals surface area contributed by atoms with Crippen LogP contribution < -0.4 is 0 Å². The van der Waals surface area contributed by atoms with Gasteiger partial charge in [-0.3, -0.25) is 4.79 Å². The average Bonchev–Trinajstić information content (AvgIpc) is 2.96. The molecule has 1 spiro atoms. The maximum absolute atomic E-state index is 13.2. The Labute approximate surface area is 181 Å². The summed E-state index contributed by atoms with van der Waals surface area (Å²) < 4.78 is 11.3. The zero-order valence-corrected chi connectivity index (χ0v) is 19.4. The minimum atomic E-state index is -0.806. The zero-order chi connectivity index (χ0) is 21.9. The second kappa shape index (κ2) is 7.24. The monoisotopic (exact) mass is 414 g/mol. The third kappa shape index (κ3) is 2.85. The van der Waals surface area contributed by atoms with Gasteiger partial charge in [-0.15, -0.1) is 0 Å². The Bertz CT molecular complexity index is 797. The van der Waals surface area contributed by atoms with E-state index < -0.39 is 11.5 Å². The highest BCUT2D eigenvalue weighted by Gasteiger charge is 2.68. The molecule has 7 atom stereocenters. The van der Waals surface area contributed by atoms with E-state index in [1.165, 1.54) is 38.4 Å². The van der Waals surface area contributed by atoms with Gasteiger partial charge in [0.05, 0.1) is 7.11 Å². The molecule has 0 aliphatic heterocycles. The van der Waals surface area contributed by atoms with Crippen LogP contribution in [0.15, 0.2) is 23.8 Å². The SMILES string of the molecule is C=C1C[C@@]23CC[C@H]4[C@@](C)(CC[C@@H](OC(=O)/C(C)=C\C)[C@@]4(C)C(=O)OC)[C@@H]2CC[C@@H]1C3. The standard InChI is InChI=1S/C26H38O4/c1-7-16(2)22(27)30-21-11-12-24(4)19(25(21,5)23(28)29-6)10-13-26-14-17(3)18(15-26)8-9-20(24)26/h7,18-21H,3,8-15H2,1-2,4-6H3/b16-7-/t18-,19+,20+,21-,24-,25+,26-/m1/s1. The molecular formula is C26H38O4. The lowest BCUT2D eigenvalue weighted by atomic mass is 9.40. The topological polar surface area (TPSA) is 52.6 Å². The van der Waals surface area contributed by atoms with Crippen molar-refractivity contribution in [3.8, 4) is 0 Å². The van der Waals surface area contributed by atoms with Gasteiger partial charge in [0.1, 0.15) is 11.5 Å². The average molecular weight is 415 g/mol. The molecule has 30 heavy (non-hydrogen) atoms. The molecule has 4 rings (SSSR count). The van der Waals surface area contributed by atoms with Crippen LogP contribution in [0, 0.1) is 34.0 Å². The number of allylic oxidation sites excluding steroid dienone is 2. The molecule has 0 aromatic carbocycles. The minimum absolute atomic E-state index is 0.0648. The number of methoxy groups -OCH3 is 1. The number of hydrogen-bond acceptors (Lipinski definition) is 4. The summed E-state index contributed by atoms with van der Waals surface area (Å²) in [6.07, 6.45) is 10.1. The van der Waals surface area contributed by atoms with Crippen molar-refractivity contribution in [3.63, 3.8) is 0 Å². The molecule has 0 unspecified atom stereocenters. The van der Waals surface area contributed by atoms with E-state index in [0.717, 1.165) is 25.7 Å². The number of hydrogen-bond donors (Lipinski definition) is 0. The van der Waals surface area contributed by atoms with Gasteiger partial charge in [0, 0.05) is 5.57 Å². The van der Waals surface area contributed by atoms with Gasteiger partial charge in [-0.25, -0.2) is 4.79 Å². The Kier molecular flexibility index (Phi) is 5.22. The molecule has 0 heterocycles. The Morgan fingerprint density at radius 3 is 2.50 bits per heavy atom. The lowest BCUT2D eigenvalue weighted by molar-refractivity contribution is -0.213. The van der Waals surface area contributed by atoms with Gasteiger partial charge in [0.25, 0.3) is 0 Å². The summed E-state index contributed by atoms with van der Waals surface area (Å²) in [6, 6.07) is 0. The largest absolute Gasteiger partial charge is 0.468 e. The van der Waals surface area contributed by atoms with E-state index in [1.54, 1.807) is 13.0 Å². The van der Waals surface area contributed by atoms with Crippen molar-refractivity contribution in [3.05, 3.63) is 23.8 Å². The van der Waals surface area contributed by atoms with Crippen molar-refractivity contribution in [2.24, 2.45) is 34.0 Å². The van der Waals surface area contributed by atoms with Crippen LogP contribution >= 0.6 is 0 Å². The number of rotatable bonds is 3. The fourth-order valence-corrected chi connectivity index (χ4v) is 8.26. The summed E-state index contributed by atoms with van der Waals surface area (Å²) in [7, 11) is 1.46. The van der Waals surface area contributed by atoms with Crippen LogP contribution in [0.4, 0.5) is 0 Å². The molecule has 4 fully saturated rings. The van der Waals surface area contributed by atoms with Crippen LogP contribution in [0.25, 0.3) is 0 Å². The van der Waals surface area contributed by atoms with E-state index in [2.05, 4.69) is 13.5 Å². The Hall–Kier alpha value is -1.58. The van der Waals surface area contributed by atoms with Crippen LogP contribution in [0.3, 0.4) is 0 Å². The first-order valence-electron chi connectivity index (χ1n) is 11.7. The van der Waals surface area contributed by atoms with Crippen molar-refractivity contribution in [1.82, 2.24) is 0 Å². The molecule has 4 nitrogen and oxygen atoms in total. The smallest absolute Gasteiger partial charge is 0.333 e. The van der Waals surface area contributed by atoms with E-state index in [9.17, 15) is 9.59 Å². The van der Waals surface area contributed by atoms with Gasteiger partial charge in [-0.2, -0.15) is 0 Å². The van der Waals surface area contributed by atoms with Crippen LogP contribution in [0.5, 0.6) is 0 Å². The fourth-order valence-electron chi connectivity index (χ4n) is 8.26. The van der Waals surface area contributed by atoms with Gasteiger partial charge in [-0.05, 0) is 101 Å². The molecule has 4 aliphatic carbocycles. The molecule has 0 saturated heterocycles. The lowest BCUT2D eigenvalue weighted by Crippen LogP contribution is -2.63. The quantitative estimate of drug-likeness (QED) is 0.342. The number of ether oxygens (including phenoxy) is 2. The first-order chi connectivity index (χ1) is 14.1. The maximum Gasteiger partial charge on any atom is 0.333 e. The van der Waals surface area contributed by atoms with Gasteiger partial charge in [0.2, 0.25) is 0 Å². The molecule has 0 aromatic heterocycles. The molecule has 0 radical (unpaired) electrons. The molecule has 4 heteroatoms. The summed E-state index contributed by atoms with van der Waals surface area (Å²) in [5, 5.41) is 0. The molecule has 2 bridgehead atoms. The summed E-state index contributed by atoms with van der Waals surface area (Å²) in [4.78, 5) is 25.8. The first-order valence-corrected chi connectivity index (χ1v) is 11.7. The molecule has 0 amide bonds. The van der Waals surface area contributed by atoms with Crippen LogP contribution in [-0.4, -0.2) is 25.2 Å². The van der Waals surface area contributed by atoms with Gasteiger partial charge in [0.15, 0.2) is 0 Å². The second-order valence-electron chi connectivity index (χ2n) is 11.0. The number of carbonyl (C=O) groups is 2. The number of fused-ring (bicyclic) bond motifs is 3. The predicted octanol–water partition coefficient (Wildman–Crippen LogP) is 5.62. The van der Waals surface area contributed by atoms with Crippen LogP contribution in [0.1, 0.15) is 79.1 Å². The van der Waals surface area contributed by atoms with Gasteiger partial charge >= 0.3 is 11.9 Å². The van der Waals surface area contributed by atoms with Crippen LogP contribution in [0.2, 0.25) is 0 Å². The summed E-state index contributed by atoms with van der Waals surface area (Å²) in [5.74, 6) is 0.929. The summed E-state index contributed by atoms with van der Waals surface area (Å²) >= 11 is 0. The van der Waals surface area contributed by atoms with E-state index in [0.29, 0.717) is 22.8 Å². The Morgan fingerprint density at radius 2 is 1.83 bits per heavy atom. The lowest BCUT2D eigenvalue weighted by Gasteiger charge is -2.64. The van der Waals surface area contributed by atoms with E-state index in [-0.39, 0.29) is 23.3 Å². The van der Waals surface area contributed by atoms with Crippen LogP contribution in [-0.2, 0) is 19.1 Å². The van der Waals surface area contributed by atoms with Crippen molar-refractivity contribution >= 4 is 11.9 Å². The minimum Gasteiger partial charge on any atom is -0.468 e. The van der Waals surface area contributed by atoms with Gasteiger partial charge in [-0.1, -0.05) is 25.2 Å². The Morgan fingerprint density at radius 1 is 1.10 bits per heavy atom. The van der Waals surface area contributed by atoms with Gasteiger partial charge < -0.3 is 9.47 Å². The molecule has 166 valence electrons.